The lowest BCUT2D eigenvalue weighted by atomic mass is 10.2. The van der Waals surface area contributed by atoms with Gasteiger partial charge in [-0.15, -0.1) is 6.58 Å². The van der Waals surface area contributed by atoms with E-state index >= 15 is 0 Å². The van der Waals surface area contributed by atoms with Crippen LogP contribution in [0.5, 0.6) is 0 Å². The second-order valence-corrected chi connectivity index (χ2v) is 2.31. The van der Waals surface area contributed by atoms with E-state index in [2.05, 4.69) is 18.8 Å². The lowest BCUT2D eigenvalue weighted by Crippen LogP contribution is -2.39. The summed E-state index contributed by atoms with van der Waals surface area (Å²) in [4.78, 5) is 0. The van der Waals surface area contributed by atoms with Gasteiger partial charge in [0.25, 0.3) is 0 Å². The van der Waals surface area contributed by atoms with Gasteiger partial charge in [0.05, 0.1) is 6.04 Å². The molecule has 0 spiro atoms. The highest BCUT2D eigenvalue weighted by Gasteiger charge is 2.10. The van der Waals surface area contributed by atoms with Gasteiger partial charge in [-0.2, -0.15) is 0 Å². The topological polar surface area (TPSA) is 49.5 Å². The third kappa shape index (κ3) is 2.33. The third-order valence-corrected chi connectivity index (χ3v) is 1.42. The van der Waals surface area contributed by atoms with Gasteiger partial charge in [0, 0.05) is 0 Å². The fraction of sp³-hybridized carbons (Fsp3) is 0.500. The second kappa shape index (κ2) is 4.24. The molecule has 0 radical (unpaired) electrons. The lowest BCUT2D eigenvalue weighted by molar-refractivity contribution is -0.0377. The van der Waals surface area contributed by atoms with Crippen molar-refractivity contribution >= 4 is 17.3 Å². The summed E-state index contributed by atoms with van der Waals surface area (Å²) in [5.74, 6) is 0. The summed E-state index contributed by atoms with van der Waals surface area (Å²) in [6, 6.07) is -0.169. The summed E-state index contributed by atoms with van der Waals surface area (Å²) in [5, 5.41) is 9.90. The largest absolute Gasteiger partial charge is 0.374 e. The molecule has 0 bridgehead atoms. The Balaban J connectivity index is 4.00. The van der Waals surface area contributed by atoms with Crippen LogP contribution < -0.4 is 5.73 Å². The summed E-state index contributed by atoms with van der Waals surface area (Å²) < 4.78 is 0. The summed E-state index contributed by atoms with van der Waals surface area (Å²) in [6.45, 7) is 5.43. The first kappa shape index (κ1) is 9.39. The molecule has 3 nitrogen and oxygen atoms in total. The van der Waals surface area contributed by atoms with Gasteiger partial charge in [0.1, 0.15) is 0 Å². The molecule has 0 aromatic heterocycles. The zero-order valence-electron chi connectivity index (χ0n) is 5.95. The fourth-order valence-electron chi connectivity index (χ4n) is 0.603. The van der Waals surface area contributed by atoms with Gasteiger partial charge in [-0.1, -0.05) is 13.0 Å². The van der Waals surface area contributed by atoms with E-state index in [1.807, 2.05) is 6.92 Å². The molecular formula is C6H12N2OS. The standard InChI is InChI=1S/C6H12N2OS/c1-3-5(4-2)8(9)6(7)10/h3,5,9H,1,4H2,2H3,(H2,7,10). The Hall–Kier alpha value is -0.610. The van der Waals surface area contributed by atoms with Gasteiger partial charge in [-0.25, -0.2) is 5.06 Å². The van der Waals surface area contributed by atoms with Crippen LogP contribution in [-0.4, -0.2) is 21.4 Å². The average Bonchev–Trinajstić information content (AvgIpc) is 1.90. The van der Waals surface area contributed by atoms with Gasteiger partial charge in [-0.05, 0) is 18.6 Å². The number of hydrogen-bond acceptors (Lipinski definition) is 2. The minimum atomic E-state index is -0.169. The first-order chi connectivity index (χ1) is 4.63. The first-order valence-corrected chi connectivity index (χ1v) is 3.44. The van der Waals surface area contributed by atoms with Gasteiger partial charge in [0.15, 0.2) is 5.11 Å². The van der Waals surface area contributed by atoms with E-state index < -0.39 is 0 Å². The molecule has 0 saturated heterocycles. The number of nitrogens with two attached hydrogens (primary N) is 1. The molecule has 0 heterocycles. The molecule has 0 aliphatic carbocycles. The predicted molar refractivity (Wildman–Crippen MR) is 44.7 cm³/mol. The molecule has 0 saturated carbocycles. The van der Waals surface area contributed by atoms with Crippen molar-refractivity contribution in [3.05, 3.63) is 12.7 Å². The Kier molecular flexibility index (Phi) is 3.99. The number of nitrogens with zero attached hydrogens (tertiary/aromatic N) is 1. The van der Waals surface area contributed by atoms with Crippen LogP contribution in [0.25, 0.3) is 0 Å². The minimum absolute atomic E-state index is 0.0215. The minimum Gasteiger partial charge on any atom is -0.374 e. The zero-order chi connectivity index (χ0) is 8.15. The van der Waals surface area contributed by atoms with Crippen molar-refractivity contribution in [1.29, 1.82) is 0 Å². The van der Waals surface area contributed by atoms with Crippen LogP contribution in [0.3, 0.4) is 0 Å². The Bertz CT molecular complexity index is 138. The Morgan fingerprint density at radius 2 is 2.50 bits per heavy atom. The summed E-state index contributed by atoms with van der Waals surface area (Å²) in [7, 11) is 0. The second-order valence-electron chi connectivity index (χ2n) is 1.89. The monoisotopic (exact) mass is 160 g/mol. The van der Waals surface area contributed by atoms with Crippen molar-refractivity contribution in [3.63, 3.8) is 0 Å². The third-order valence-electron chi connectivity index (χ3n) is 1.23. The Labute approximate surface area is 66.1 Å². The summed E-state index contributed by atoms with van der Waals surface area (Å²) in [6.07, 6.45) is 2.33. The van der Waals surface area contributed by atoms with Gasteiger partial charge < -0.3 is 5.73 Å². The zero-order valence-corrected chi connectivity index (χ0v) is 6.77. The number of hydrogen-bond donors (Lipinski definition) is 2. The number of rotatable bonds is 3. The molecule has 0 aromatic rings. The van der Waals surface area contributed by atoms with E-state index in [1.54, 1.807) is 6.08 Å². The maximum atomic E-state index is 9.08. The molecule has 0 aliphatic heterocycles. The predicted octanol–water partition coefficient (Wildman–Crippen LogP) is 0.886. The van der Waals surface area contributed by atoms with Crippen LogP contribution in [0.4, 0.5) is 0 Å². The fourth-order valence-corrected chi connectivity index (χ4v) is 0.738. The molecule has 0 rings (SSSR count). The van der Waals surface area contributed by atoms with Crippen LogP contribution in [0, 0.1) is 0 Å². The Morgan fingerprint density at radius 1 is 2.00 bits per heavy atom. The van der Waals surface area contributed by atoms with Crippen molar-refractivity contribution in [2.24, 2.45) is 5.73 Å². The van der Waals surface area contributed by atoms with E-state index in [0.29, 0.717) is 0 Å². The molecule has 3 N–H and O–H groups in total. The van der Waals surface area contributed by atoms with Crippen molar-refractivity contribution in [1.82, 2.24) is 5.06 Å². The molecule has 10 heavy (non-hydrogen) atoms. The first-order valence-electron chi connectivity index (χ1n) is 3.03. The van der Waals surface area contributed by atoms with Gasteiger partial charge >= 0.3 is 0 Å². The maximum Gasteiger partial charge on any atom is 0.190 e. The summed E-state index contributed by atoms with van der Waals surface area (Å²) >= 11 is 4.53. The molecule has 1 atom stereocenters. The van der Waals surface area contributed by atoms with Crippen molar-refractivity contribution < 1.29 is 5.21 Å². The molecule has 0 fully saturated rings. The average molecular weight is 160 g/mol. The van der Waals surface area contributed by atoms with E-state index in [4.69, 9.17) is 10.9 Å². The van der Waals surface area contributed by atoms with Crippen LogP contribution >= 0.6 is 12.2 Å². The van der Waals surface area contributed by atoms with Crippen LogP contribution in [-0.2, 0) is 0 Å². The smallest absolute Gasteiger partial charge is 0.190 e. The molecule has 4 heteroatoms. The quantitative estimate of drug-likeness (QED) is 0.365. The van der Waals surface area contributed by atoms with Crippen molar-refractivity contribution in [2.45, 2.75) is 19.4 Å². The molecule has 58 valence electrons. The van der Waals surface area contributed by atoms with Crippen molar-refractivity contribution in [3.8, 4) is 0 Å². The molecular weight excluding hydrogens is 148 g/mol. The number of thiocarbonyl (C=S) groups is 1. The molecule has 0 aliphatic rings. The molecule has 1 unspecified atom stereocenters. The van der Waals surface area contributed by atoms with E-state index in [0.717, 1.165) is 11.5 Å². The van der Waals surface area contributed by atoms with Crippen LogP contribution in [0.15, 0.2) is 12.7 Å². The highest BCUT2D eigenvalue weighted by Crippen LogP contribution is 2.00. The van der Waals surface area contributed by atoms with E-state index in [9.17, 15) is 0 Å². The lowest BCUT2D eigenvalue weighted by Gasteiger charge is -2.21. The van der Waals surface area contributed by atoms with E-state index in [-0.39, 0.29) is 11.2 Å². The van der Waals surface area contributed by atoms with Gasteiger partial charge in [0.2, 0.25) is 0 Å². The van der Waals surface area contributed by atoms with Crippen LogP contribution in [0.1, 0.15) is 13.3 Å². The summed E-state index contributed by atoms with van der Waals surface area (Å²) in [5.41, 5.74) is 5.15. The normalized spacial score (nSPS) is 12.2. The highest BCUT2D eigenvalue weighted by atomic mass is 32.1. The highest BCUT2D eigenvalue weighted by molar-refractivity contribution is 7.80. The van der Waals surface area contributed by atoms with Crippen LogP contribution in [0.2, 0.25) is 0 Å². The van der Waals surface area contributed by atoms with Gasteiger partial charge in [-0.3, -0.25) is 5.21 Å². The van der Waals surface area contributed by atoms with E-state index in [1.165, 1.54) is 0 Å². The molecule has 0 aromatic carbocycles. The Morgan fingerprint density at radius 3 is 2.60 bits per heavy atom. The maximum absolute atomic E-state index is 9.08. The molecule has 0 amide bonds. The SMILES string of the molecule is C=CC(CC)N(O)C(N)=S. The number of hydroxylamine groups is 2. The van der Waals surface area contributed by atoms with Crippen molar-refractivity contribution in [2.75, 3.05) is 0 Å².